The van der Waals surface area contributed by atoms with E-state index in [1.807, 2.05) is 18.2 Å². The lowest BCUT2D eigenvalue weighted by atomic mass is 9.98. The van der Waals surface area contributed by atoms with Crippen molar-refractivity contribution in [3.63, 3.8) is 0 Å². The fourth-order valence-corrected chi connectivity index (χ4v) is 1.74. The molecule has 0 radical (unpaired) electrons. The van der Waals surface area contributed by atoms with Crippen molar-refractivity contribution in [3.05, 3.63) is 23.8 Å². The Bertz CT molecular complexity index is 435. The molecule has 0 aliphatic carbocycles. The van der Waals surface area contributed by atoms with Crippen LogP contribution in [0.4, 0.5) is 5.69 Å². The van der Waals surface area contributed by atoms with E-state index in [1.165, 1.54) is 0 Å². The first kappa shape index (κ1) is 11.9. The molecule has 0 saturated carbocycles. The molecule has 4 heteroatoms. The maximum atomic E-state index is 11.2. The van der Waals surface area contributed by atoms with Gasteiger partial charge in [0.15, 0.2) is 6.61 Å². The molecule has 1 aliphatic rings. The van der Waals surface area contributed by atoms with Crippen LogP contribution in [0.1, 0.15) is 25.8 Å². The summed E-state index contributed by atoms with van der Waals surface area (Å²) in [5.41, 5.74) is 1.13. The fraction of sp³-hybridized carbons (Fsp3) is 0.462. The number of aryl methyl sites for hydroxylation is 1. The predicted octanol–water partition coefficient (Wildman–Crippen LogP) is 1.72. The van der Waals surface area contributed by atoms with E-state index in [2.05, 4.69) is 5.32 Å². The molecule has 0 bridgehead atoms. The normalized spacial score (nSPS) is 14.9. The Morgan fingerprint density at radius 3 is 2.94 bits per heavy atom. The number of hydrogen-bond acceptors (Lipinski definition) is 3. The first-order valence-corrected chi connectivity index (χ1v) is 5.72. The number of benzene rings is 1. The lowest BCUT2D eigenvalue weighted by Gasteiger charge is -2.20. The summed E-state index contributed by atoms with van der Waals surface area (Å²) in [7, 11) is 0. The molecular formula is C13H17NO3. The third kappa shape index (κ3) is 3.20. The Hall–Kier alpha value is -1.55. The minimum absolute atomic E-state index is 0.0794. The third-order valence-corrected chi connectivity index (χ3v) is 2.70. The third-order valence-electron chi connectivity index (χ3n) is 2.70. The first-order valence-electron chi connectivity index (χ1n) is 5.72. The van der Waals surface area contributed by atoms with Crippen molar-refractivity contribution in [2.75, 3.05) is 11.9 Å². The SMILES string of the molecule is CC(C)(O)CCc1ccc2c(c1)NC(=O)CO2. The van der Waals surface area contributed by atoms with Gasteiger partial charge in [0, 0.05) is 0 Å². The van der Waals surface area contributed by atoms with Gasteiger partial charge in [-0.2, -0.15) is 0 Å². The van der Waals surface area contributed by atoms with Crippen molar-refractivity contribution in [1.29, 1.82) is 0 Å². The average molecular weight is 235 g/mol. The Morgan fingerprint density at radius 2 is 2.24 bits per heavy atom. The molecule has 1 aromatic carbocycles. The van der Waals surface area contributed by atoms with Crippen LogP contribution in [0.5, 0.6) is 5.75 Å². The zero-order chi connectivity index (χ0) is 12.5. The summed E-state index contributed by atoms with van der Waals surface area (Å²) in [6.07, 6.45) is 1.45. The number of nitrogens with one attached hydrogen (secondary N) is 1. The van der Waals surface area contributed by atoms with E-state index in [4.69, 9.17) is 4.74 Å². The van der Waals surface area contributed by atoms with E-state index in [-0.39, 0.29) is 12.5 Å². The van der Waals surface area contributed by atoms with Gasteiger partial charge in [-0.05, 0) is 44.4 Å². The van der Waals surface area contributed by atoms with Crippen molar-refractivity contribution in [3.8, 4) is 5.75 Å². The van der Waals surface area contributed by atoms with Gasteiger partial charge in [-0.1, -0.05) is 6.07 Å². The number of hydrogen-bond donors (Lipinski definition) is 2. The molecule has 1 heterocycles. The Balaban J connectivity index is 2.10. The maximum Gasteiger partial charge on any atom is 0.262 e. The zero-order valence-electron chi connectivity index (χ0n) is 10.1. The minimum Gasteiger partial charge on any atom is -0.482 e. The number of ether oxygens (including phenoxy) is 1. The highest BCUT2D eigenvalue weighted by atomic mass is 16.5. The van der Waals surface area contributed by atoms with Gasteiger partial charge in [0.05, 0.1) is 11.3 Å². The van der Waals surface area contributed by atoms with Crippen molar-refractivity contribution in [2.45, 2.75) is 32.3 Å². The molecule has 0 aromatic heterocycles. The monoisotopic (exact) mass is 235 g/mol. The Labute approximate surface area is 101 Å². The molecular weight excluding hydrogens is 218 g/mol. The number of carbonyl (C=O) groups is 1. The summed E-state index contributed by atoms with van der Waals surface area (Å²) in [4.78, 5) is 11.2. The number of carbonyl (C=O) groups excluding carboxylic acids is 1. The van der Waals surface area contributed by atoms with Crippen LogP contribution in [0.2, 0.25) is 0 Å². The lowest BCUT2D eigenvalue weighted by Crippen LogP contribution is -2.25. The first-order chi connectivity index (χ1) is 7.94. The lowest BCUT2D eigenvalue weighted by molar-refractivity contribution is -0.118. The highest BCUT2D eigenvalue weighted by molar-refractivity contribution is 5.95. The van der Waals surface area contributed by atoms with E-state index < -0.39 is 5.60 Å². The summed E-state index contributed by atoms with van der Waals surface area (Å²) >= 11 is 0. The molecule has 4 nitrogen and oxygen atoms in total. The quantitative estimate of drug-likeness (QED) is 0.838. The second kappa shape index (κ2) is 4.37. The second-order valence-electron chi connectivity index (χ2n) is 4.98. The van der Waals surface area contributed by atoms with E-state index in [0.29, 0.717) is 12.2 Å². The number of fused-ring (bicyclic) bond motifs is 1. The second-order valence-corrected chi connectivity index (χ2v) is 4.98. The van der Waals surface area contributed by atoms with Crippen LogP contribution in [0.25, 0.3) is 0 Å². The highest BCUT2D eigenvalue weighted by Crippen LogP contribution is 2.29. The van der Waals surface area contributed by atoms with Gasteiger partial charge in [0.1, 0.15) is 5.75 Å². The molecule has 1 aliphatic heterocycles. The molecule has 0 atom stereocenters. The highest BCUT2D eigenvalue weighted by Gasteiger charge is 2.17. The topological polar surface area (TPSA) is 58.6 Å². The van der Waals surface area contributed by atoms with Gasteiger partial charge in [-0.15, -0.1) is 0 Å². The van der Waals surface area contributed by atoms with Crippen LogP contribution in [0.15, 0.2) is 18.2 Å². The smallest absolute Gasteiger partial charge is 0.262 e. The molecule has 0 unspecified atom stereocenters. The number of anilines is 1. The fourth-order valence-electron chi connectivity index (χ4n) is 1.74. The van der Waals surface area contributed by atoms with Crippen molar-refractivity contribution in [2.24, 2.45) is 0 Å². The Morgan fingerprint density at radius 1 is 1.47 bits per heavy atom. The van der Waals surface area contributed by atoms with Crippen LogP contribution in [0.3, 0.4) is 0 Å². The number of amides is 1. The molecule has 17 heavy (non-hydrogen) atoms. The summed E-state index contributed by atoms with van der Waals surface area (Å²) < 4.78 is 5.27. The van der Waals surface area contributed by atoms with Crippen molar-refractivity contribution in [1.82, 2.24) is 0 Å². The molecule has 92 valence electrons. The van der Waals surface area contributed by atoms with Gasteiger partial charge < -0.3 is 15.2 Å². The molecule has 0 fully saturated rings. The van der Waals surface area contributed by atoms with Gasteiger partial charge in [-0.25, -0.2) is 0 Å². The van der Waals surface area contributed by atoms with Crippen molar-refractivity contribution >= 4 is 11.6 Å². The van der Waals surface area contributed by atoms with Gasteiger partial charge in [-0.3, -0.25) is 4.79 Å². The standard InChI is InChI=1S/C13H17NO3/c1-13(2,16)6-5-9-3-4-11-10(7-9)14-12(15)8-17-11/h3-4,7,16H,5-6,8H2,1-2H3,(H,14,15). The van der Waals surface area contributed by atoms with Gasteiger partial charge in [0.25, 0.3) is 5.91 Å². The maximum absolute atomic E-state index is 11.2. The van der Waals surface area contributed by atoms with Crippen LogP contribution in [0, 0.1) is 0 Å². The van der Waals surface area contributed by atoms with E-state index in [9.17, 15) is 9.90 Å². The number of rotatable bonds is 3. The van der Waals surface area contributed by atoms with E-state index in [0.717, 1.165) is 17.7 Å². The van der Waals surface area contributed by atoms with Crippen molar-refractivity contribution < 1.29 is 14.6 Å². The Kier molecular flexibility index (Phi) is 3.07. The van der Waals surface area contributed by atoms with Crippen LogP contribution in [-0.4, -0.2) is 23.2 Å². The molecule has 2 rings (SSSR count). The summed E-state index contributed by atoms with van der Waals surface area (Å²) in [6.45, 7) is 3.66. The van der Waals surface area contributed by atoms with E-state index >= 15 is 0 Å². The summed E-state index contributed by atoms with van der Waals surface area (Å²) in [6, 6.07) is 5.72. The van der Waals surface area contributed by atoms with E-state index in [1.54, 1.807) is 13.8 Å². The number of aliphatic hydroxyl groups is 1. The molecule has 0 spiro atoms. The van der Waals surface area contributed by atoms with Crippen LogP contribution < -0.4 is 10.1 Å². The van der Waals surface area contributed by atoms with Gasteiger partial charge >= 0.3 is 0 Å². The summed E-state index contributed by atoms with van der Waals surface area (Å²) in [5, 5.41) is 12.4. The molecule has 1 aromatic rings. The molecule has 1 amide bonds. The summed E-state index contributed by atoms with van der Waals surface area (Å²) in [5.74, 6) is 0.578. The largest absolute Gasteiger partial charge is 0.482 e. The van der Waals surface area contributed by atoms with Crippen LogP contribution in [-0.2, 0) is 11.2 Å². The predicted molar refractivity (Wildman–Crippen MR) is 65.2 cm³/mol. The zero-order valence-corrected chi connectivity index (χ0v) is 10.1. The minimum atomic E-state index is -0.671. The molecule has 2 N–H and O–H groups in total. The van der Waals surface area contributed by atoms with Crippen LogP contribution >= 0.6 is 0 Å². The molecule has 0 saturated heterocycles. The van der Waals surface area contributed by atoms with Gasteiger partial charge in [0.2, 0.25) is 0 Å². The average Bonchev–Trinajstić information content (AvgIpc) is 2.24.